The maximum absolute atomic E-state index is 12.9. The summed E-state index contributed by atoms with van der Waals surface area (Å²) in [7, 11) is 1.99. The van der Waals surface area contributed by atoms with E-state index in [4.69, 9.17) is 0 Å². The molecule has 0 saturated heterocycles. The van der Waals surface area contributed by atoms with Gasteiger partial charge in [-0.05, 0) is 37.2 Å². The van der Waals surface area contributed by atoms with Gasteiger partial charge in [-0.1, -0.05) is 6.92 Å². The first-order valence-corrected chi connectivity index (χ1v) is 7.67. The Balaban J connectivity index is 1.91. The minimum atomic E-state index is -0.208. The minimum absolute atomic E-state index is 0.208. The standard InChI is InChI=1S/C15H20FN3S/c1-3-8-17-9-15-18-13(11-20-15)10-19(2)14-6-4-12(16)5-7-14/h4-7,11,17H,3,8-10H2,1-2H3. The lowest BCUT2D eigenvalue weighted by molar-refractivity contribution is 0.627. The molecule has 0 spiro atoms. The predicted molar refractivity (Wildman–Crippen MR) is 82.6 cm³/mol. The fourth-order valence-corrected chi connectivity index (χ4v) is 2.66. The first-order valence-electron chi connectivity index (χ1n) is 6.79. The second kappa shape index (κ2) is 7.36. The molecule has 0 fully saturated rings. The van der Waals surface area contributed by atoms with Crippen LogP contribution in [0.3, 0.4) is 0 Å². The van der Waals surface area contributed by atoms with Crippen LogP contribution >= 0.6 is 11.3 Å². The SMILES string of the molecule is CCCNCc1nc(CN(C)c2ccc(F)cc2)cs1. The lowest BCUT2D eigenvalue weighted by atomic mass is 10.3. The molecule has 0 aliphatic rings. The van der Waals surface area contributed by atoms with Crippen LogP contribution in [-0.2, 0) is 13.1 Å². The van der Waals surface area contributed by atoms with Crippen molar-refractivity contribution in [2.75, 3.05) is 18.5 Å². The molecule has 1 N–H and O–H groups in total. The second-order valence-electron chi connectivity index (χ2n) is 4.74. The van der Waals surface area contributed by atoms with Gasteiger partial charge in [0, 0.05) is 24.7 Å². The van der Waals surface area contributed by atoms with E-state index in [1.54, 1.807) is 23.5 Å². The van der Waals surface area contributed by atoms with Crippen LogP contribution in [0.25, 0.3) is 0 Å². The predicted octanol–water partition coefficient (Wildman–Crippen LogP) is 3.42. The molecule has 1 aromatic carbocycles. The van der Waals surface area contributed by atoms with Gasteiger partial charge in [0.05, 0.1) is 12.2 Å². The zero-order chi connectivity index (χ0) is 14.4. The molecule has 0 atom stereocenters. The van der Waals surface area contributed by atoms with Crippen LogP contribution in [0.15, 0.2) is 29.6 Å². The first-order chi connectivity index (χ1) is 9.69. The monoisotopic (exact) mass is 293 g/mol. The van der Waals surface area contributed by atoms with Crippen LogP contribution in [0.2, 0.25) is 0 Å². The summed E-state index contributed by atoms with van der Waals surface area (Å²) in [6.07, 6.45) is 1.13. The molecule has 0 saturated carbocycles. The second-order valence-corrected chi connectivity index (χ2v) is 5.68. The van der Waals surface area contributed by atoms with E-state index < -0.39 is 0 Å². The molecule has 3 nitrogen and oxygen atoms in total. The number of aromatic nitrogens is 1. The Morgan fingerprint density at radius 2 is 2.05 bits per heavy atom. The molecule has 5 heteroatoms. The summed E-state index contributed by atoms with van der Waals surface area (Å²) >= 11 is 1.68. The average molecular weight is 293 g/mol. The number of nitrogens with one attached hydrogen (secondary N) is 1. The van der Waals surface area contributed by atoms with Gasteiger partial charge in [0.25, 0.3) is 0 Å². The summed E-state index contributed by atoms with van der Waals surface area (Å²) in [4.78, 5) is 6.67. The molecular weight excluding hydrogens is 273 g/mol. The van der Waals surface area contributed by atoms with Gasteiger partial charge in [-0.15, -0.1) is 11.3 Å². The zero-order valence-corrected chi connectivity index (χ0v) is 12.7. The third-order valence-corrected chi connectivity index (χ3v) is 3.87. The van der Waals surface area contributed by atoms with Crippen molar-refractivity contribution < 1.29 is 4.39 Å². The number of hydrogen-bond donors (Lipinski definition) is 1. The quantitative estimate of drug-likeness (QED) is 0.793. The molecule has 1 aromatic heterocycles. The topological polar surface area (TPSA) is 28.2 Å². The Kier molecular flexibility index (Phi) is 5.49. The molecule has 2 aromatic rings. The first kappa shape index (κ1) is 14.9. The smallest absolute Gasteiger partial charge is 0.123 e. The minimum Gasteiger partial charge on any atom is -0.369 e. The van der Waals surface area contributed by atoms with E-state index in [-0.39, 0.29) is 5.82 Å². The van der Waals surface area contributed by atoms with Gasteiger partial charge in [0.15, 0.2) is 0 Å². The fourth-order valence-electron chi connectivity index (χ4n) is 1.90. The fraction of sp³-hybridized carbons (Fsp3) is 0.400. The van der Waals surface area contributed by atoms with Gasteiger partial charge in [-0.25, -0.2) is 9.37 Å². The molecule has 0 radical (unpaired) electrons. The Bertz CT molecular complexity index is 524. The van der Waals surface area contributed by atoms with Crippen LogP contribution in [0.4, 0.5) is 10.1 Å². The molecule has 0 aliphatic heterocycles. The summed E-state index contributed by atoms with van der Waals surface area (Å²) < 4.78 is 12.9. The molecular formula is C15H20FN3S. The summed E-state index contributed by atoms with van der Waals surface area (Å²) in [5.41, 5.74) is 2.04. The Morgan fingerprint density at radius 3 is 2.75 bits per heavy atom. The lowest BCUT2D eigenvalue weighted by Gasteiger charge is -2.17. The van der Waals surface area contributed by atoms with Crippen molar-refractivity contribution in [2.24, 2.45) is 0 Å². The Hall–Kier alpha value is -1.46. The van der Waals surface area contributed by atoms with Gasteiger partial charge >= 0.3 is 0 Å². The highest BCUT2D eigenvalue weighted by Gasteiger charge is 2.06. The van der Waals surface area contributed by atoms with E-state index in [1.807, 2.05) is 7.05 Å². The highest BCUT2D eigenvalue weighted by Crippen LogP contribution is 2.17. The molecule has 1 heterocycles. The molecule has 0 aliphatic carbocycles. The van der Waals surface area contributed by atoms with Gasteiger partial charge in [-0.3, -0.25) is 0 Å². The molecule has 0 bridgehead atoms. The van der Waals surface area contributed by atoms with Crippen molar-refractivity contribution in [2.45, 2.75) is 26.4 Å². The van der Waals surface area contributed by atoms with E-state index in [1.165, 1.54) is 12.1 Å². The van der Waals surface area contributed by atoms with Crippen molar-refractivity contribution in [1.29, 1.82) is 0 Å². The normalized spacial score (nSPS) is 10.8. The maximum atomic E-state index is 12.9. The van der Waals surface area contributed by atoms with Gasteiger partial charge < -0.3 is 10.2 Å². The molecule has 0 amide bonds. The van der Waals surface area contributed by atoms with E-state index in [0.29, 0.717) is 0 Å². The number of hydrogen-bond acceptors (Lipinski definition) is 4. The number of benzene rings is 1. The highest BCUT2D eigenvalue weighted by molar-refractivity contribution is 7.09. The molecule has 2 rings (SSSR count). The van der Waals surface area contributed by atoms with Crippen molar-refractivity contribution in [1.82, 2.24) is 10.3 Å². The number of thiazole rings is 1. The molecule has 0 unspecified atom stereocenters. The summed E-state index contributed by atoms with van der Waals surface area (Å²) in [6, 6.07) is 6.52. The molecule has 20 heavy (non-hydrogen) atoms. The summed E-state index contributed by atoms with van der Waals surface area (Å²) in [6.45, 7) is 4.73. The third-order valence-electron chi connectivity index (χ3n) is 2.97. The van der Waals surface area contributed by atoms with E-state index in [9.17, 15) is 4.39 Å². The van der Waals surface area contributed by atoms with E-state index in [0.717, 1.165) is 42.4 Å². The van der Waals surface area contributed by atoms with Gasteiger partial charge in [0.2, 0.25) is 0 Å². The Morgan fingerprint density at radius 1 is 1.30 bits per heavy atom. The van der Waals surface area contributed by atoms with Crippen LogP contribution in [0, 0.1) is 5.82 Å². The number of halogens is 1. The number of nitrogens with zero attached hydrogens (tertiary/aromatic N) is 2. The number of anilines is 1. The van der Waals surface area contributed by atoms with Crippen LogP contribution < -0.4 is 10.2 Å². The van der Waals surface area contributed by atoms with E-state index >= 15 is 0 Å². The summed E-state index contributed by atoms with van der Waals surface area (Å²) in [5, 5.41) is 6.55. The summed E-state index contributed by atoms with van der Waals surface area (Å²) in [5.74, 6) is -0.208. The van der Waals surface area contributed by atoms with Crippen LogP contribution in [0.5, 0.6) is 0 Å². The van der Waals surface area contributed by atoms with Gasteiger partial charge in [0.1, 0.15) is 10.8 Å². The van der Waals surface area contributed by atoms with Crippen molar-refractivity contribution in [3.63, 3.8) is 0 Å². The maximum Gasteiger partial charge on any atom is 0.123 e. The average Bonchev–Trinajstić information content (AvgIpc) is 2.87. The van der Waals surface area contributed by atoms with Crippen molar-refractivity contribution in [3.8, 4) is 0 Å². The highest BCUT2D eigenvalue weighted by atomic mass is 32.1. The Labute approximate surface area is 123 Å². The third kappa shape index (κ3) is 4.28. The van der Waals surface area contributed by atoms with Crippen LogP contribution in [0.1, 0.15) is 24.0 Å². The van der Waals surface area contributed by atoms with Gasteiger partial charge in [-0.2, -0.15) is 0 Å². The van der Waals surface area contributed by atoms with Crippen molar-refractivity contribution >= 4 is 17.0 Å². The number of rotatable bonds is 7. The lowest BCUT2D eigenvalue weighted by Crippen LogP contribution is -2.17. The van der Waals surface area contributed by atoms with E-state index in [2.05, 4.69) is 27.5 Å². The van der Waals surface area contributed by atoms with Crippen molar-refractivity contribution in [3.05, 3.63) is 46.2 Å². The molecule has 108 valence electrons. The zero-order valence-electron chi connectivity index (χ0n) is 11.9. The largest absolute Gasteiger partial charge is 0.369 e. The van der Waals surface area contributed by atoms with Crippen LogP contribution in [-0.4, -0.2) is 18.6 Å².